The van der Waals surface area contributed by atoms with Crippen molar-refractivity contribution in [3.05, 3.63) is 48.4 Å². The highest BCUT2D eigenvalue weighted by Crippen LogP contribution is 2.17. The zero-order valence-corrected chi connectivity index (χ0v) is 9.72. The molecular weight excluding hydrogens is 196 g/mol. The summed E-state index contributed by atoms with van der Waals surface area (Å²) in [5.74, 6) is 0.697. The van der Waals surface area contributed by atoms with Gasteiger partial charge in [-0.3, -0.25) is 9.97 Å². The van der Waals surface area contributed by atoms with Gasteiger partial charge in [0.25, 0.3) is 0 Å². The van der Waals surface area contributed by atoms with Gasteiger partial charge in [0.1, 0.15) is 0 Å². The lowest BCUT2D eigenvalue weighted by Crippen LogP contribution is -1.93. The molecule has 0 atom stereocenters. The molecule has 16 heavy (non-hydrogen) atoms. The molecule has 82 valence electrons. The molecule has 2 nitrogen and oxygen atoms in total. The van der Waals surface area contributed by atoms with Gasteiger partial charge in [-0.25, -0.2) is 0 Å². The van der Waals surface area contributed by atoms with Crippen LogP contribution >= 0.6 is 0 Å². The summed E-state index contributed by atoms with van der Waals surface area (Å²) in [4.78, 5) is 8.35. The van der Waals surface area contributed by atoms with E-state index in [-0.39, 0.29) is 0 Å². The topological polar surface area (TPSA) is 25.8 Å². The first kappa shape index (κ1) is 10.8. The normalized spacial score (nSPS) is 10.7. The van der Waals surface area contributed by atoms with Crippen molar-refractivity contribution in [3.8, 4) is 11.3 Å². The van der Waals surface area contributed by atoms with E-state index in [4.69, 9.17) is 0 Å². The second-order valence-corrected chi connectivity index (χ2v) is 4.39. The molecule has 2 rings (SSSR count). The van der Waals surface area contributed by atoms with Crippen LogP contribution < -0.4 is 0 Å². The van der Waals surface area contributed by atoms with Crippen LogP contribution in [0.4, 0.5) is 0 Å². The van der Waals surface area contributed by atoms with Gasteiger partial charge in [-0.05, 0) is 17.9 Å². The molecule has 2 aromatic rings. The van der Waals surface area contributed by atoms with Gasteiger partial charge in [0.05, 0.1) is 11.9 Å². The first-order valence-corrected chi connectivity index (χ1v) is 5.61. The Morgan fingerprint density at radius 1 is 1.06 bits per heavy atom. The van der Waals surface area contributed by atoms with Gasteiger partial charge < -0.3 is 0 Å². The molecule has 0 N–H and O–H groups in total. The summed E-state index contributed by atoms with van der Waals surface area (Å²) in [6.07, 6.45) is 6.33. The highest BCUT2D eigenvalue weighted by molar-refractivity contribution is 5.58. The van der Waals surface area contributed by atoms with E-state index in [9.17, 15) is 0 Å². The van der Waals surface area contributed by atoms with E-state index >= 15 is 0 Å². The minimum Gasteiger partial charge on any atom is -0.261 e. The molecule has 0 saturated heterocycles. The van der Waals surface area contributed by atoms with Crippen molar-refractivity contribution in [1.82, 2.24) is 9.97 Å². The van der Waals surface area contributed by atoms with Gasteiger partial charge in [-0.1, -0.05) is 38.1 Å². The van der Waals surface area contributed by atoms with Gasteiger partial charge in [0.15, 0.2) is 0 Å². The van der Waals surface area contributed by atoms with Crippen molar-refractivity contribution in [2.45, 2.75) is 20.3 Å². The predicted molar refractivity (Wildman–Crippen MR) is 66.0 cm³/mol. The Hall–Kier alpha value is -1.70. The van der Waals surface area contributed by atoms with E-state index in [0.29, 0.717) is 5.92 Å². The van der Waals surface area contributed by atoms with Crippen molar-refractivity contribution in [1.29, 1.82) is 0 Å². The Morgan fingerprint density at radius 3 is 2.38 bits per heavy atom. The van der Waals surface area contributed by atoms with Gasteiger partial charge in [0, 0.05) is 18.0 Å². The molecule has 0 fully saturated rings. The Kier molecular flexibility index (Phi) is 3.30. The van der Waals surface area contributed by atoms with Crippen LogP contribution in [-0.4, -0.2) is 9.97 Å². The van der Waals surface area contributed by atoms with Crippen molar-refractivity contribution in [2.75, 3.05) is 0 Å². The standard InChI is InChI=1S/C14H16N2/c1-11(2)9-12-3-5-13(6-4-12)14-10-15-7-8-16-14/h3-8,10-11H,9H2,1-2H3. The van der Waals surface area contributed by atoms with E-state index in [1.54, 1.807) is 18.6 Å². The highest BCUT2D eigenvalue weighted by Gasteiger charge is 2.00. The summed E-state index contributed by atoms with van der Waals surface area (Å²) in [5.41, 5.74) is 3.43. The maximum atomic E-state index is 4.28. The predicted octanol–water partition coefficient (Wildman–Crippen LogP) is 3.34. The van der Waals surface area contributed by atoms with Crippen LogP contribution in [-0.2, 0) is 6.42 Å². The van der Waals surface area contributed by atoms with Crippen molar-refractivity contribution in [3.63, 3.8) is 0 Å². The average molecular weight is 212 g/mol. The summed E-state index contributed by atoms with van der Waals surface area (Å²) in [5, 5.41) is 0. The fourth-order valence-corrected chi connectivity index (χ4v) is 1.73. The molecule has 0 aliphatic carbocycles. The third-order valence-electron chi connectivity index (χ3n) is 2.46. The van der Waals surface area contributed by atoms with Crippen LogP contribution in [0.1, 0.15) is 19.4 Å². The second kappa shape index (κ2) is 4.88. The molecule has 0 spiro atoms. The summed E-state index contributed by atoms with van der Waals surface area (Å²) in [7, 11) is 0. The molecule has 1 heterocycles. The van der Waals surface area contributed by atoms with E-state index in [1.165, 1.54) is 5.56 Å². The molecule has 0 amide bonds. The Balaban J connectivity index is 2.20. The molecule has 0 radical (unpaired) electrons. The fraction of sp³-hybridized carbons (Fsp3) is 0.286. The lowest BCUT2D eigenvalue weighted by Gasteiger charge is -2.05. The summed E-state index contributed by atoms with van der Waals surface area (Å²) < 4.78 is 0. The Morgan fingerprint density at radius 2 is 1.81 bits per heavy atom. The van der Waals surface area contributed by atoms with Crippen molar-refractivity contribution in [2.24, 2.45) is 5.92 Å². The molecule has 0 saturated carbocycles. The van der Waals surface area contributed by atoms with Crippen LogP contribution in [0.2, 0.25) is 0 Å². The monoisotopic (exact) mass is 212 g/mol. The summed E-state index contributed by atoms with van der Waals surface area (Å²) in [6.45, 7) is 4.47. The van der Waals surface area contributed by atoms with Gasteiger partial charge >= 0.3 is 0 Å². The Bertz CT molecular complexity index is 432. The van der Waals surface area contributed by atoms with E-state index in [0.717, 1.165) is 17.7 Å². The number of rotatable bonds is 3. The van der Waals surface area contributed by atoms with E-state index < -0.39 is 0 Å². The molecule has 0 bridgehead atoms. The van der Waals surface area contributed by atoms with Gasteiger partial charge in [-0.15, -0.1) is 0 Å². The minimum atomic E-state index is 0.697. The van der Waals surface area contributed by atoms with E-state index in [1.807, 2.05) is 0 Å². The Labute approximate surface area is 96.4 Å². The van der Waals surface area contributed by atoms with Crippen LogP contribution in [0.3, 0.4) is 0 Å². The highest BCUT2D eigenvalue weighted by atomic mass is 14.8. The number of aromatic nitrogens is 2. The van der Waals surface area contributed by atoms with Gasteiger partial charge in [-0.2, -0.15) is 0 Å². The number of hydrogen-bond donors (Lipinski definition) is 0. The van der Waals surface area contributed by atoms with Crippen LogP contribution in [0, 0.1) is 5.92 Å². The third kappa shape index (κ3) is 2.66. The molecule has 0 aliphatic rings. The van der Waals surface area contributed by atoms with E-state index in [2.05, 4.69) is 48.1 Å². The quantitative estimate of drug-likeness (QED) is 0.779. The lowest BCUT2D eigenvalue weighted by molar-refractivity contribution is 0.647. The lowest BCUT2D eigenvalue weighted by atomic mass is 10.0. The number of benzene rings is 1. The van der Waals surface area contributed by atoms with Crippen molar-refractivity contribution < 1.29 is 0 Å². The second-order valence-electron chi connectivity index (χ2n) is 4.39. The zero-order valence-electron chi connectivity index (χ0n) is 9.72. The number of nitrogens with zero attached hydrogens (tertiary/aromatic N) is 2. The molecule has 0 aliphatic heterocycles. The fourth-order valence-electron chi connectivity index (χ4n) is 1.73. The number of hydrogen-bond acceptors (Lipinski definition) is 2. The summed E-state index contributed by atoms with van der Waals surface area (Å²) in [6, 6.07) is 8.57. The molecule has 0 unspecified atom stereocenters. The molecule has 2 heteroatoms. The zero-order chi connectivity index (χ0) is 11.4. The molecular formula is C14H16N2. The largest absolute Gasteiger partial charge is 0.261 e. The maximum Gasteiger partial charge on any atom is 0.0885 e. The first-order valence-electron chi connectivity index (χ1n) is 5.61. The van der Waals surface area contributed by atoms with Crippen LogP contribution in [0.25, 0.3) is 11.3 Å². The van der Waals surface area contributed by atoms with Crippen molar-refractivity contribution >= 4 is 0 Å². The first-order chi connectivity index (χ1) is 7.75. The smallest absolute Gasteiger partial charge is 0.0885 e. The minimum absolute atomic E-state index is 0.697. The van der Waals surface area contributed by atoms with Crippen LogP contribution in [0.5, 0.6) is 0 Å². The maximum absolute atomic E-state index is 4.28. The molecule has 1 aromatic heterocycles. The summed E-state index contributed by atoms with van der Waals surface area (Å²) >= 11 is 0. The SMILES string of the molecule is CC(C)Cc1ccc(-c2cnccn2)cc1. The van der Waals surface area contributed by atoms with Gasteiger partial charge in [0.2, 0.25) is 0 Å². The van der Waals surface area contributed by atoms with Crippen LogP contribution in [0.15, 0.2) is 42.9 Å². The molecule has 1 aromatic carbocycles. The third-order valence-corrected chi connectivity index (χ3v) is 2.46. The average Bonchev–Trinajstić information content (AvgIpc) is 2.30.